The molecular formula is C35H41F6N7O4. The number of nitrogen functional groups attached to an aromatic ring is 1. The van der Waals surface area contributed by atoms with E-state index < -0.39 is 64.9 Å². The molecule has 6 rings (SSSR count). The number of nitrogens with zero attached hydrogens (tertiary/aromatic N) is 5. The number of nitrogens with one attached hydrogen (secondary N) is 1. The predicted molar refractivity (Wildman–Crippen MR) is 178 cm³/mol. The third-order valence-electron chi connectivity index (χ3n) is 10.2. The Labute approximate surface area is 295 Å². The molecular weight excluding hydrogens is 696 g/mol. The summed E-state index contributed by atoms with van der Waals surface area (Å²) in [5, 5.41) is 4.43. The Morgan fingerprint density at radius 2 is 1.38 bits per heavy atom. The number of carbonyl (C=O) groups excluding carboxylic acids is 2. The summed E-state index contributed by atoms with van der Waals surface area (Å²) in [5.74, 6) is -0.311. The van der Waals surface area contributed by atoms with Crippen LogP contribution in [0.2, 0.25) is 0 Å². The van der Waals surface area contributed by atoms with Gasteiger partial charge < -0.3 is 25.2 Å². The molecule has 52 heavy (non-hydrogen) atoms. The summed E-state index contributed by atoms with van der Waals surface area (Å²) in [6, 6.07) is 9.88. The largest absolute Gasteiger partial charge is 0.436 e. The lowest BCUT2D eigenvalue weighted by molar-refractivity contribution is -0.142. The fraction of sp³-hybridized carbons (Fsp3) is 0.543. The number of halogens is 6. The number of benzene rings is 2. The van der Waals surface area contributed by atoms with Gasteiger partial charge in [-0.05, 0) is 69.3 Å². The first kappa shape index (κ1) is 37.2. The number of anilines is 1. The molecule has 0 radical (unpaired) electrons. The smallest absolute Gasteiger partial charge is 0.418 e. The number of H-pyrrole nitrogens is 1. The zero-order valence-electron chi connectivity index (χ0n) is 28.4. The number of likely N-dealkylation sites (tertiary alicyclic amines) is 3. The molecule has 282 valence electrons. The van der Waals surface area contributed by atoms with E-state index in [1.54, 1.807) is 12.1 Å². The molecule has 3 aliphatic rings. The van der Waals surface area contributed by atoms with Crippen LogP contribution in [0.4, 0.5) is 36.8 Å². The van der Waals surface area contributed by atoms with Crippen LogP contribution in [0.3, 0.4) is 0 Å². The number of aromatic amines is 1. The Bertz CT molecular complexity index is 1740. The van der Waals surface area contributed by atoms with Crippen LogP contribution >= 0.6 is 0 Å². The summed E-state index contributed by atoms with van der Waals surface area (Å²) < 4.78 is 90.1. The summed E-state index contributed by atoms with van der Waals surface area (Å²) in [5.41, 5.74) is 0.274. The van der Waals surface area contributed by atoms with Gasteiger partial charge in [0.2, 0.25) is 0 Å². The van der Waals surface area contributed by atoms with Crippen molar-refractivity contribution in [1.82, 2.24) is 29.5 Å². The maximum absolute atomic E-state index is 13.9. The van der Waals surface area contributed by atoms with E-state index in [0.29, 0.717) is 56.7 Å². The fourth-order valence-corrected chi connectivity index (χ4v) is 7.43. The average Bonchev–Trinajstić information content (AvgIpc) is 3.53. The molecule has 3 N–H and O–H groups in total. The predicted octanol–water partition coefficient (Wildman–Crippen LogP) is 5.72. The molecule has 3 aromatic rings. The summed E-state index contributed by atoms with van der Waals surface area (Å²) in [6.07, 6.45) is -8.59. The zero-order valence-corrected chi connectivity index (χ0v) is 28.4. The lowest BCUT2D eigenvalue weighted by Crippen LogP contribution is -2.52. The van der Waals surface area contributed by atoms with Gasteiger partial charge in [-0.25, -0.2) is 14.3 Å². The molecule has 3 fully saturated rings. The van der Waals surface area contributed by atoms with Gasteiger partial charge in [0.05, 0.1) is 22.9 Å². The van der Waals surface area contributed by atoms with Gasteiger partial charge in [0.25, 0.3) is 5.91 Å². The Morgan fingerprint density at radius 1 is 0.827 bits per heavy atom. The number of amides is 2. The van der Waals surface area contributed by atoms with E-state index in [9.17, 15) is 40.7 Å². The minimum absolute atomic E-state index is 0.101. The molecule has 0 saturated carbocycles. The third-order valence-corrected chi connectivity index (χ3v) is 10.2. The number of hydrogen-bond acceptors (Lipinski definition) is 7. The summed E-state index contributed by atoms with van der Waals surface area (Å²) in [6.45, 7) is 2.71. The van der Waals surface area contributed by atoms with Gasteiger partial charge in [0.15, 0.2) is 11.9 Å². The van der Waals surface area contributed by atoms with E-state index in [1.807, 2.05) is 18.2 Å². The minimum Gasteiger partial charge on any atom is -0.436 e. The molecule has 1 aromatic heterocycles. The first-order valence-electron chi connectivity index (χ1n) is 17.5. The number of carbonyl (C=O) groups is 2. The van der Waals surface area contributed by atoms with Crippen LogP contribution < -0.4 is 11.4 Å². The number of ether oxygens (including phenoxy) is 1. The Hall–Kier alpha value is -4.54. The van der Waals surface area contributed by atoms with Crippen LogP contribution in [0.1, 0.15) is 67.7 Å². The van der Waals surface area contributed by atoms with Gasteiger partial charge in [-0.1, -0.05) is 36.8 Å². The van der Waals surface area contributed by atoms with Gasteiger partial charge in [-0.3, -0.25) is 9.78 Å². The lowest BCUT2D eigenvalue weighted by atomic mass is 9.96. The van der Waals surface area contributed by atoms with Crippen molar-refractivity contribution < 1.29 is 40.7 Å². The Morgan fingerprint density at radius 3 is 1.96 bits per heavy atom. The van der Waals surface area contributed by atoms with E-state index in [0.717, 1.165) is 37.9 Å². The Kier molecular flexibility index (Phi) is 10.9. The monoisotopic (exact) mass is 737 g/mol. The molecule has 4 heterocycles. The highest BCUT2D eigenvalue weighted by molar-refractivity contribution is 5.84. The van der Waals surface area contributed by atoms with E-state index in [2.05, 4.69) is 15.0 Å². The maximum Gasteiger partial charge on any atom is 0.418 e. The topological polar surface area (TPSA) is 130 Å². The number of hydrogen-bond donors (Lipinski definition) is 2. The van der Waals surface area contributed by atoms with Crippen molar-refractivity contribution in [3.8, 4) is 11.4 Å². The van der Waals surface area contributed by atoms with Crippen LogP contribution in [-0.2, 0) is 28.3 Å². The van der Waals surface area contributed by atoms with Gasteiger partial charge >= 0.3 is 24.1 Å². The molecule has 11 nitrogen and oxygen atoms in total. The number of nitrogens with two attached hydrogens (primary N) is 1. The molecule has 0 aliphatic carbocycles. The number of alkyl halides is 6. The second kappa shape index (κ2) is 15.2. The minimum atomic E-state index is -5.21. The van der Waals surface area contributed by atoms with E-state index >= 15 is 0 Å². The quantitative estimate of drug-likeness (QED) is 0.235. The fourth-order valence-electron chi connectivity index (χ4n) is 7.43. The van der Waals surface area contributed by atoms with Crippen molar-refractivity contribution >= 4 is 17.7 Å². The van der Waals surface area contributed by atoms with Crippen molar-refractivity contribution in [3.63, 3.8) is 0 Å². The maximum atomic E-state index is 13.9. The second-order valence-electron chi connectivity index (χ2n) is 13.6. The zero-order chi connectivity index (χ0) is 37.2. The van der Waals surface area contributed by atoms with Gasteiger partial charge in [-0.2, -0.15) is 26.3 Å². The molecule has 3 aliphatic heterocycles. The highest BCUT2D eigenvalue weighted by Gasteiger charge is 2.42. The SMILES string of the molecule is Nc1c(C(F)(F)F)cc(C[C@@H](OC(=O)N2CCC(n3nc(-c4ccccc4)[nH]c3=O)CC2)C(=O)N2CCC(N3CCCCC3)CC2)cc1C(F)(F)F. The standard InChI is InChI=1S/C35H41F6N7O4/c36-34(37,38)26-19-22(20-27(29(26)42)35(39,40)41)21-28(31(49)46-15-9-24(10-16-46)45-13-5-2-6-14-45)52-33(51)47-17-11-25(12-18-47)48-32(50)43-30(44-48)23-7-3-1-4-8-23/h1,3-4,7-8,19-20,24-25,28H,2,5-6,9-18,21,42H2,(H,43,44,50)/t28-/m1/s1. The number of rotatable bonds is 7. The third kappa shape index (κ3) is 8.40. The van der Waals surface area contributed by atoms with Crippen molar-refractivity contribution in [2.45, 2.75) is 81.9 Å². The van der Waals surface area contributed by atoms with Crippen molar-refractivity contribution in [1.29, 1.82) is 0 Å². The summed E-state index contributed by atoms with van der Waals surface area (Å²) in [4.78, 5) is 48.0. The lowest BCUT2D eigenvalue weighted by Gasteiger charge is -2.41. The van der Waals surface area contributed by atoms with Crippen molar-refractivity contribution in [2.24, 2.45) is 0 Å². The molecule has 1 atom stereocenters. The van der Waals surface area contributed by atoms with Crippen LogP contribution in [0.15, 0.2) is 47.3 Å². The van der Waals surface area contributed by atoms with Crippen LogP contribution in [-0.4, -0.2) is 92.9 Å². The molecule has 0 bridgehead atoms. The molecule has 17 heteroatoms. The van der Waals surface area contributed by atoms with E-state index in [1.165, 1.54) is 14.5 Å². The summed E-state index contributed by atoms with van der Waals surface area (Å²) in [7, 11) is 0. The molecule has 2 aromatic carbocycles. The van der Waals surface area contributed by atoms with Gasteiger partial charge in [-0.15, -0.1) is 5.10 Å². The molecule has 0 spiro atoms. The highest BCUT2D eigenvalue weighted by Crippen LogP contribution is 2.42. The van der Waals surface area contributed by atoms with Crippen LogP contribution in [0, 0.1) is 0 Å². The van der Waals surface area contributed by atoms with Crippen molar-refractivity contribution in [2.75, 3.05) is 45.0 Å². The first-order chi connectivity index (χ1) is 24.7. The molecule has 3 saturated heterocycles. The molecule has 0 unspecified atom stereocenters. The first-order valence-corrected chi connectivity index (χ1v) is 17.5. The normalized spacial score (nSPS) is 19.1. The molecule has 2 amide bonds. The van der Waals surface area contributed by atoms with E-state index in [-0.39, 0.29) is 25.2 Å². The van der Waals surface area contributed by atoms with Crippen LogP contribution in [0.25, 0.3) is 11.4 Å². The van der Waals surface area contributed by atoms with Crippen molar-refractivity contribution in [3.05, 3.63) is 69.6 Å². The summed E-state index contributed by atoms with van der Waals surface area (Å²) >= 11 is 0. The Balaban J connectivity index is 1.19. The van der Waals surface area contributed by atoms with Crippen LogP contribution in [0.5, 0.6) is 0 Å². The number of aromatic nitrogens is 3. The van der Waals surface area contributed by atoms with E-state index in [4.69, 9.17) is 10.5 Å². The van der Waals surface area contributed by atoms with Gasteiger partial charge in [0, 0.05) is 44.2 Å². The van der Waals surface area contributed by atoms with Gasteiger partial charge in [0.1, 0.15) is 0 Å². The average molecular weight is 738 g/mol. The second-order valence-corrected chi connectivity index (χ2v) is 13.6. The highest BCUT2D eigenvalue weighted by atomic mass is 19.4. The number of piperidine rings is 3.